The summed E-state index contributed by atoms with van der Waals surface area (Å²) in [7, 11) is 2.21. The van der Waals surface area contributed by atoms with Gasteiger partial charge < -0.3 is 15.1 Å². The Bertz CT molecular complexity index is 222. The van der Waals surface area contributed by atoms with Crippen molar-refractivity contribution in [2.45, 2.75) is 59.0 Å². The third kappa shape index (κ3) is 6.24. The Hall–Kier alpha value is -0.120. The number of hydrogen-bond acceptors (Lipinski definition) is 3. The van der Waals surface area contributed by atoms with Crippen molar-refractivity contribution in [2.24, 2.45) is 5.92 Å². The summed E-state index contributed by atoms with van der Waals surface area (Å²) < 4.78 is 0. The van der Waals surface area contributed by atoms with Crippen LogP contribution in [0.1, 0.15) is 47.0 Å². The predicted octanol–water partition coefficient (Wildman–Crippen LogP) is 2.43. The van der Waals surface area contributed by atoms with E-state index in [-0.39, 0.29) is 0 Å². The van der Waals surface area contributed by atoms with E-state index in [1.807, 2.05) is 0 Å². The Morgan fingerprint density at radius 1 is 1.21 bits per heavy atom. The molecule has 0 saturated carbocycles. The minimum Gasteiger partial charge on any atom is -0.313 e. The SMILES string of the molecule is CCCN1CCC(C(C)NCCN(C)C(C)C)CC1. The molecule has 1 aliphatic heterocycles. The summed E-state index contributed by atoms with van der Waals surface area (Å²) in [4.78, 5) is 5.03. The molecule has 0 aliphatic carbocycles. The third-order valence-corrected chi connectivity index (χ3v) is 4.69. The molecule has 1 unspecified atom stereocenters. The van der Waals surface area contributed by atoms with Gasteiger partial charge in [0.1, 0.15) is 0 Å². The van der Waals surface area contributed by atoms with E-state index < -0.39 is 0 Å². The third-order valence-electron chi connectivity index (χ3n) is 4.69. The Morgan fingerprint density at radius 3 is 2.37 bits per heavy atom. The largest absolute Gasteiger partial charge is 0.313 e. The van der Waals surface area contributed by atoms with Crippen LogP contribution in [0.2, 0.25) is 0 Å². The minimum absolute atomic E-state index is 0.648. The van der Waals surface area contributed by atoms with Gasteiger partial charge in [-0.15, -0.1) is 0 Å². The van der Waals surface area contributed by atoms with Crippen molar-refractivity contribution in [3.05, 3.63) is 0 Å². The molecule has 1 fully saturated rings. The number of hydrogen-bond donors (Lipinski definition) is 1. The molecular formula is C16H35N3. The Labute approximate surface area is 120 Å². The molecule has 0 aromatic rings. The van der Waals surface area contributed by atoms with E-state index in [9.17, 15) is 0 Å². The van der Waals surface area contributed by atoms with Crippen molar-refractivity contribution in [1.29, 1.82) is 0 Å². The van der Waals surface area contributed by atoms with Gasteiger partial charge in [-0.25, -0.2) is 0 Å². The van der Waals surface area contributed by atoms with E-state index in [0.29, 0.717) is 12.1 Å². The lowest BCUT2D eigenvalue weighted by Gasteiger charge is -2.35. The van der Waals surface area contributed by atoms with Crippen LogP contribution in [0.5, 0.6) is 0 Å². The molecule has 19 heavy (non-hydrogen) atoms. The molecule has 1 rings (SSSR count). The van der Waals surface area contributed by atoms with Crippen LogP contribution in [0.25, 0.3) is 0 Å². The van der Waals surface area contributed by atoms with Crippen molar-refractivity contribution in [2.75, 3.05) is 39.8 Å². The maximum absolute atomic E-state index is 3.72. The van der Waals surface area contributed by atoms with Crippen molar-refractivity contribution in [3.63, 3.8) is 0 Å². The van der Waals surface area contributed by atoms with Gasteiger partial charge in [0, 0.05) is 25.2 Å². The minimum atomic E-state index is 0.648. The first-order valence-corrected chi connectivity index (χ1v) is 8.20. The van der Waals surface area contributed by atoms with Crippen LogP contribution < -0.4 is 5.32 Å². The van der Waals surface area contributed by atoms with Crippen LogP contribution in [0, 0.1) is 5.92 Å². The molecular weight excluding hydrogens is 234 g/mol. The summed E-state index contributed by atoms with van der Waals surface area (Å²) in [5, 5.41) is 3.72. The van der Waals surface area contributed by atoms with E-state index in [1.165, 1.54) is 38.9 Å². The van der Waals surface area contributed by atoms with E-state index in [2.05, 4.69) is 49.9 Å². The second-order valence-electron chi connectivity index (χ2n) is 6.50. The summed E-state index contributed by atoms with van der Waals surface area (Å²) in [6.45, 7) is 15.3. The fraction of sp³-hybridized carbons (Fsp3) is 1.00. The van der Waals surface area contributed by atoms with Gasteiger partial charge in [-0.3, -0.25) is 0 Å². The van der Waals surface area contributed by atoms with Crippen molar-refractivity contribution < 1.29 is 0 Å². The molecule has 0 aromatic carbocycles. The molecule has 1 N–H and O–H groups in total. The van der Waals surface area contributed by atoms with Crippen LogP contribution in [-0.2, 0) is 0 Å². The molecule has 3 heteroatoms. The maximum Gasteiger partial charge on any atom is 0.0107 e. The standard InChI is InChI=1S/C16H35N3/c1-6-10-19-11-7-16(8-12-19)15(4)17-9-13-18(5)14(2)3/h14-17H,6-13H2,1-5H3. The van der Waals surface area contributed by atoms with Gasteiger partial charge in [-0.2, -0.15) is 0 Å². The van der Waals surface area contributed by atoms with Crippen molar-refractivity contribution in [3.8, 4) is 0 Å². The zero-order valence-corrected chi connectivity index (χ0v) is 13.8. The van der Waals surface area contributed by atoms with Gasteiger partial charge >= 0.3 is 0 Å². The van der Waals surface area contributed by atoms with Gasteiger partial charge in [-0.1, -0.05) is 6.92 Å². The first kappa shape index (κ1) is 16.9. The molecule has 3 nitrogen and oxygen atoms in total. The van der Waals surface area contributed by atoms with Crippen molar-refractivity contribution in [1.82, 2.24) is 15.1 Å². The smallest absolute Gasteiger partial charge is 0.0107 e. The lowest BCUT2D eigenvalue weighted by atomic mass is 9.90. The molecule has 114 valence electrons. The zero-order valence-electron chi connectivity index (χ0n) is 13.8. The highest BCUT2D eigenvalue weighted by atomic mass is 15.1. The molecule has 0 amide bonds. The topological polar surface area (TPSA) is 18.5 Å². The highest BCUT2D eigenvalue weighted by Gasteiger charge is 2.22. The highest BCUT2D eigenvalue weighted by Crippen LogP contribution is 2.20. The number of nitrogens with zero attached hydrogens (tertiary/aromatic N) is 2. The predicted molar refractivity (Wildman–Crippen MR) is 84.7 cm³/mol. The molecule has 0 spiro atoms. The molecule has 1 saturated heterocycles. The Balaban J connectivity index is 2.15. The lowest BCUT2D eigenvalue weighted by Crippen LogP contribution is -2.44. The van der Waals surface area contributed by atoms with E-state index >= 15 is 0 Å². The summed E-state index contributed by atoms with van der Waals surface area (Å²) in [5.74, 6) is 0.873. The number of likely N-dealkylation sites (tertiary alicyclic amines) is 1. The molecule has 1 heterocycles. The molecule has 0 aromatic heterocycles. The van der Waals surface area contributed by atoms with Crippen molar-refractivity contribution >= 4 is 0 Å². The highest BCUT2D eigenvalue weighted by molar-refractivity contribution is 4.79. The van der Waals surface area contributed by atoms with Gasteiger partial charge in [0.2, 0.25) is 0 Å². The van der Waals surface area contributed by atoms with E-state index in [1.54, 1.807) is 0 Å². The zero-order chi connectivity index (χ0) is 14.3. The average molecular weight is 269 g/mol. The number of piperidine rings is 1. The van der Waals surface area contributed by atoms with Crippen LogP contribution >= 0.6 is 0 Å². The molecule has 0 radical (unpaired) electrons. The molecule has 1 aliphatic rings. The lowest BCUT2D eigenvalue weighted by molar-refractivity contribution is 0.160. The van der Waals surface area contributed by atoms with Gasteiger partial charge in [-0.05, 0) is 72.6 Å². The number of nitrogens with one attached hydrogen (secondary N) is 1. The first-order chi connectivity index (χ1) is 9.04. The number of rotatable bonds is 8. The maximum atomic E-state index is 3.72. The van der Waals surface area contributed by atoms with Crippen LogP contribution in [-0.4, -0.2) is 61.7 Å². The van der Waals surface area contributed by atoms with E-state index in [4.69, 9.17) is 0 Å². The molecule has 1 atom stereocenters. The van der Waals surface area contributed by atoms with Crippen LogP contribution in [0.15, 0.2) is 0 Å². The van der Waals surface area contributed by atoms with Crippen LogP contribution in [0.3, 0.4) is 0 Å². The van der Waals surface area contributed by atoms with E-state index in [0.717, 1.165) is 19.0 Å². The van der Waals surface area contributed by atoms with Gasteiger partial charge in [0.05, 0.1) is 0 Å². The Kier molecular flexibility index (Phi) is 7.96. The first-order valence-electron chi connectivity index (χ1n) is 8.20. The summed E-state index contributed by atoms with van der Waals surface area (Å²) in [6, 6.07) is 1.32. The van der Waals surface area contributed by atoms with Gasteiger partial charge in [0.15, 0.2) is 0 Å². The molecule has 0 bridgehead atoms. The quantitative estimate of drug-likeness (QED) is 0.730. The fourth-order valence-corrected chi connectivity index (χ4v) is 2.89. The Morgan fingerprint density at radius 2 is 1.84 bits per heavy atom. The van der Waals surface area contributed by atoms with Gasteiger partial charge in [0.25, 0.3) is 0 Å². The summed E-state index contributed by atoms with van der Waals surface area (Å²) in [6.07, 6.45) is 4.03. The second kappa shape index (κ2) is 8.93. The summed E-state index contributed by atoms with van der Waals surface area (Å²) in [5.41, 5.74) is 0. The monoisotopic (exact) mass is 269 g/mol. The normalized spacial score (nSPS) is 20.4. The summed E-state index contributed by atoms with van der Waals surface area (Å²) >= 11 is 0. The van der Waals surface area contributed by atoms with Crippen LogP contribution in [0.4, 0.5) is 0 Å². The second-order valence-corrected chi connectivity index (χ2v) is 6.50. The number of likely N-dealkylation sites (N-methyl/N-ethyl adjacent to an activating group) is 1. The fourth-order valence-electron chi connectivity index (χ4n) is 2.89. The average Bonchev–Trinajstić information content (AvgIpc) is 2.39.